The third kappa shape index (κ3) is 6.55. The molecule has 2 heterocycles. The lowest BCUT2D eigenvalue weighted by molar-refractivity contribution is 0.0345. The fourth-order valence-corrected chi connectivity index (χ4v) is 4.12. The van der Waals surface area contributed by atoms with Crippen molar-refractivity contribution in [2.24, 2.45) is 0 Å². The Bertz CT molecular complexity index is 834. The van der Waals surface area contributed by atoms with E-state index in [1.807, 2.05) is 17.3 Å². The zero-order chi connectivity index (χ0) is 22.2. The predicted molar refractivity (Wildman–Crippen MR) is 123 cm³/mol. The minimum Gasteiger partial charge on any atom is -0.379 e. The van der Waals surface area contributed by atoms with Crippen LogP contribution in [0.1, 0.15) is 41.4 Å². The van der Waals surface area contributed by atoms with E-state index < -0.39 is 0 Å². The van der Waals surface area contributed by atoms with Crippen molar-refractivity contribution < 1.29 is 9.53 Å². The topological polar surface area (TPSA) is 62.6 Å². The lowest BCUT2D eigenvalue weighted by Gasteiger charge is -2.30. The Balaban J connectivity index is 1.72. The maximum atomic E-state index is 12.9. The van der Waals surface area contributed by atoms with Crippen LogP contribution in [0.2, 0.25) is 0 Å². The highest BCUT2D eigenvalue weighted by Gasteiger charge is 2.19. The molecule has 1 aliphatic rings. The van der Waals surface area contributed by atoms with E-state index in [1.165, 1.54) is 22.3 Å². The molecule has 7 heteroatoms. The maximum Gasteiger partial charge on any atom is 0.317 e. The molecule has 0 aliphatic carbocycles. The molecule has 31 heavy (non-hydrogen) atoms. The molecular formula is C24H37N5O2. The van der Waals surface area contributed by atoms with Crippen LogP contribution in [0.3, 0.4) is 0 Å². The van der Waals surface area contributed by atoms with E-state index in [9.17, 15) is 4.79 Å². The highest BCUT2D eigenvalue weighted by Crippen LogP contribution is 2.19. The second kappa shape index (κ2) is 11.3. The van der Waals surface area contributed by atoms with Crippen LogP contribution < -0.4 is 5.32 Å². The number of imidazole rings is 1. The van der Waals surface area contributed by atoms with Crippen molar-refractivity contribution in [2.75, 3.05) is 45.9 Å². The van der Waals surface area contributed by atoms with Gasteiger partial charge in [-0.2, -0.15) is 0 Å². The van der Waals surface area contributed by atoms with Crippen LogP contribution >= 0.6 is 0 Å². The van der Waals surface area contributed by atoms with Crippen molar-refractivity contribution in [1.29, 1.82) is 0 Å². The van der Waals surface area contributed by atoms with Crippen molar-refractivity contribution in [2.45, 2.75) is 47.2 Å². The van der Waals surface area contributed by atoms with Gasteiger partial charge in [-0.1, -0.05) is 24.6 Å². The zero-order valence-electron chi connectivity index (χ0n) is 19.5. The molecule has 0 spiro atoms. The summed E-state index contributed by atoms with van der Waals surface area (Å²) in [6.45, 7) is 15.4. The summed E-state index contributed by atoms with van der Waals surface area (Å²) in [7, 11) is 0. The van der Waals surface area contributed by atoms with E-state index >= 15 is 0 Å². The van der Waals surface area contributed by atoms with Crippen LogP contribution in [0, 0.1) is 20.8 Å². The van der Waals surface area contributed by atoms with Crippen LogP contribution in [0.15, 0.2) is 24.5 Å². The first kappa shape index (κ1) is 23.3. The molecule has 2 amide bonds. The predicted octanol–water partition coefficient (Wildman–Crippen LogP) is 3.11. The fourth-order valence-electron chi connectivity index (χ4n) is 4.12. The lowest BCUT2D eigenvalue weighted by atomic mass is 10.00. The van der Waals surface area contributed by atoms with Gasteiger partial charge in [0.15, 0.2) is 0 Å². The number of nitrogens with one attached hydrogen (secondary N) is 1. The maximum absolute atomic E-state index is 12.9. The Morgan fingerprint density at radius 2 is 1.90 bits per heavy atom. The Labute approximate surface area is 186 Å². The second-order valence-electron chi connectivity index (χ2n) is 8.46. The normalized spacial score (nSPS) is 14.6. The van der Waals surface area contributed by atoms with Gasteiger partial charge < -0.3 is 19.5 Å². The van der Waals surface area contributed by atoms with Gasteiger partial charge in [0.05, 0.1) is 19.8 Å². The number of rotatable bonds is 9. The summed E-state index contributed by atoms with van der Waals surface area (Å²) in [6.07, 6.45) is 4.76. The third-order valence-corrected chi connectivity index (χ3v) is 5.91. The van der Waals surface area contributed by atoms with Crippen molar-refractivity contribution in [3.8, 4) is 0 Å². The van der Waals surface area contributed by atoms with E-state index in [4.69, 9.17) is 4.74 Å². The van der Waals surface area contributed by atoms with E-state index in [-0.39, 0.29) is 6.03 Å². The number of morpholine rings is 1. The zero-order valence-corrected chi connectivity index (χ0v) is 19.5. The number of nitrogens with zero attached hydrogens (tertiary/aromatic N) is 4. The van der Waals surface area contributed by atoms with Gasteiger partial charge in [0, 0.05) is 51.7 Å². The van der Waals surface area contributed by atoms with Gasteiger partial charge in [0.2, 0.25) is 0 Å². The molecule has 1 aromatic heterocycles. The highest BCUT2D eigenvalue weighted by atomic mass is 16.5. The third-order valence-electron chi connectivity index (χ3n) is 5.91. The van der Waals surface area contributed by atoms with Gasteiger partial charge in [-0.25, -0.2) is 9.78 Å². The molecule has 0 bridgehead atoms. The Morgan fingerprint density at radius 1 is 1.19 bits per heavy atom. The summed E-state index contributed by atoms with van der Waals surface area (Å²) in [6, 6.07) is 4.43. The molecule has 0 atom stereocenters. The number of ether oxygens (including phenoxy) is 1. The molecule has 1 fully saturated rings. The molecule has 1 aliphatic heterocycles. The van der Waals surface area contributed by atoms with Crippen molar-refractivity contribution >= 4 is 6.03 Å². The highest BCUT2D eigenvalue weighted by molar-refractivity contribution is 5.74. The van der Waals surface area contributed by atoms with Crippen molar-refractivity contribution in [3.63, 3.8) is 0 Å². The van der Waals surface area contributed by atoms with Crippen molar-refractivity contribution in [3.05, 3.63) is 52.6 Å². The van der Waals surface area contributed by atoms with E-state index in [2.05, 4.69) is 59.6 Å². The summed E-state index contributed by atoms with van der Waals surface area (Å²) in [5, 5.41) is 3.03. The van der Waals surface area contributed by atoms with Gasteiger partial charge in [-0.05, 0) is 43.9 Å². The quantitative estimate of drug-likeness (QED) is 0.668. The van der Waals surface area contributed by atoms with Crippen LogP contribution in [0.25, 0.3) is 0 Å². The van der Waals surface area contributed by atoms with Gasteiger partial charge in [-0.15, -0.1) is 0 Å². The summed E-state index contributed by atoms with van der Waals surface area (Å²) in [5.41, 5.74) is 5.19. The van der Waals surface area contributed by atoms with Gasteiger partial charge in [0.1, 0.15) is 5.82 Å². The first-order valence-corrected chi connectivity index (χ1v) is 11.4. The standard InChI is InChI=1S/C24H37N5O2/c1-5-6-26-24(30)29(10-9-27-11-13-31-14-12-27)18-23-25-7-8-28(23)17-22-20(3)15-19(2)16-21(22)4/h7-8,15-16H,5-6,9-14,17-18H2,1-4H3,(H,26,30). The second-order valence-corrected chi connectivity index (χ2v) is 8.46. The Kier molecular flexibility index (Phi) is 8.49. The Hall–Kier alpha value is -2.38. The number of aromatic nitrogens is 2. The number of urea groups is 1. The van der Waals surface area contributed by atoms with Gasteiger partial charge in [-0.3, -0.25) is 4.90 Å². The van der Waals surface area contributed by atoms with Gasteiger partial charge >= 0.3 is 6.03 Å². The molecule has 0 unspecified atom stereocenters. The smallest absolute Gasteiger partial charge is 0.317 e. The van der Waals surface area contributed by atoms with Crippen LogP contribution in [0.5, 0.6) is 0 Å². The molecule has 0 radical (unpaired) electrons. The number of benzene rings is 1. The minimum absolute atomic E-state index is 0.0210. The molecule has 1 aromatic carbocycles. The molecular weight excluding hydrogens is 390 g/mol. The molecule has 1 saturated heterocycles. The van der Waals surface area contributed by atoms with E-state index in [1.54, 1.807) is 0 Å². The largest absolute Gasteiger partial charge is 0.379 e. The summed E-state index contributed by atoms with van der Waals surface area (Å²) < 4.78 is 7.61. The summed E-state index contributed by atoms with van der Waals surface area (Å²) >= 11 is 0. The molecule has 7 nitrogen and oxygen atoms in total. The van der Waals surface area contributed by atoms with E-state index in [0.29, 0.717) is 19.6 Å². The molecule has 1 N–H and O–H groups in total. The molecule has 2 aromatic rings. The average Bonchev–Trinajstić information content (AvgIpc) is 3.19. The number of carbonyl (C=O) groups is 1. The fraction of sp³-hybridized carbons (Fsp3) is 0.583. The van der Waals surface area contributed by atoms with Crippen LogP contribution in [0.4, 0.5) is 4.79 Å². The van der Waals surface area contributed by atoms with Crippen molar-refractivity contribution in [1.82, 2.24) is 24.7 Å². The number of amides is 2. The number of aryl methyl sites for hydroxylation is 3. The molecule has 170 valence electrons. The SMILES string of the molecule is CCCNC(=O)N(CCN1CCOCC1)Cc1nccn1Cc1c(C)cc(C)cc1C. The summed E-state index contributed by atoms with van der Waals surface area (Å²) in [4.78, 5) is 21.7. The number of hydrogen-bond acceptors (Lipinski definition) is 4. The van der Waals surface area contributed by atoms with Gasteiger partial charge in [0.25, 0.3) is 0 Å². The van der Waals surface area contributed by atoms with Crippen LogP contribution in [-0.4, -0.2) is 71.3 Å². The molecule has 3 rings (SSSR count). The monoisotopic (exact) mass is 427 g/mol. The number of carbonyl (C=O) groups excluding carboxylic acids is 1. The lowest BCUT2D eigenvalue weighted by Crippen LogP contribution is -2.46. The average molecular weight is 428 g/mol. The molecule has 0 saturated carbocycles. The van der Waals surface area contributed by atoms with E-state index in [0.717, 1.165) is 51.6 Å². The Morgan fingerprint density at radius 3 is 2.58 bits per heavy atom. The summed E-state index contributed by atoms with van der Waals surface area (Å²) in [5.74, 6) is 0.910. The number of hydrogen-bond donors (Lipinski definition) is 1. The van der Waals surface area contributed by atoms with Crippen LogP contribution in [-0.2, 0) is 17.8 Å². The first-order valence-electron chi connectivity index (χ1n) is 11.4. The minimum atomic E-state index is -0.0210. The first-order chi connectivity index (χ1) is 15.0.